The van der Waals surface area contributed by atoms with E-state index in [4.69, 9.17) is 4.74 Å². The molecule has 3 unspecified atom stereocenters. The molecular weight excluding hydrogens is 449 g/mol. The molecule has 0 amide bonds. The molecule has 34 heavy (non-hydrogen) atoms. The lowest BCUT2D eigenvalue weighted by Gasteiger charge is -2.39. The zero-order valence-corrected chi connectivity index (χ0v) is 18.2. The van der Waals surface area contributed by atoms with Gasteiger partial charge in [0.2, 0.25) is 0 Å². The van der Waals surface area contributed by atoms with Crippen LogP contribution in [-0.2, 0) is 4.74 Å². The quantitative estimate of drug-likeness (QED) is 0.585. The van der Waals surface area contributed by atoms with Crippen LogP contribution < -0.4 is 10.9 Å². The molecule has 0 spiro atoms. The van der Waals surface area contributed by atoms with Crippen molar-refractivity contribution in [3.8, 4) is 6.07 Å². The molecule has 4 heterocycles. The first-order valence-corrected chi connectivity index (χ1v) is 11.1. The maximum atomic E-state index is 13.6. The van der Waals surface area contributed by atoms with Gasteiger partial charge in [-0.3, -0.25) is 14.4 Å². The highest BCUT2D eigenvalue weighted by Crippen LogP contribution is 2.40. The highest BCUT2D eigenvalue weighted by atomic mass is 19.4. The number of pyridine rings is 1. The predicted molar refractivity (Wildman–Crippen MR) is 119 cm³/mol. The second kappa shape index (κ2) is 8.77. The van der Waals surface area contributed by atoms with E-state index in [-0.39, 0.29) is 28.9 Å². The number of fused-ring (bicyclic) bond motifs is 1. The monoisotopic (exact) mass is 472 g/mol. The van der Waals surface area contributed by atoms with Crippen LogP contribution in [0.3, 0.4) is 0 Å². The van der Waals surface area contributed by atoms with Gasteiger partial charge in [-0.05, 0) is 36.6 Å². The van der Waals surface area contributed by atoms with E-state index in [1.165, 1.54) is 23.2 Å². The lowest BCUT2D eigenvalue weighted by atomic mass is 9.96. The van der Waals surface area contributed by atoms with Crippen molar-refractivity contribution in [1.82, 2.24) is 19.7 Å². The Hall–Kier alpha value is -3.36. The second-order valence-corrected chi connectivity index (χ2v) is 8.61. The Kier molecular flexibility index (Phi) is 5.79. The van der Waals surface area contributed by atoms with E-state index in [1.807, 2.05) is 0 Å². The number of nitrogens with one attached hydrogen (secondary N) is 2. The number of hydrogen-bond acceptors (Lipinski definition) is 6. The summed E-state index contributed by atoms with van der Waals surface area (Å²) < 4.78 is 48.1. The van der Waals surface area contributed by atoms with Crippen LogP contribution in [0.2, 0.25) is 0 Å². The van der Waals surface area contributed by atoms with Gasteiger partial charge in [0, 0.05) is 31.6 Å². The lowest BCUT2D eigenvalue weighted by Crippen LogP contribution is -2.46. The van der Waals surface area contributed by atoms with E-state index >= 15 is 0 Å². The molecule has 11 heteroatoms. The molecule has 0 bridgehead atoms. The number of ether oxygens (including phenoxy) is 1. The van der Waals surface area contributed by atoms with E-state index in [0.29, 0.717) is 49.3 Å². The van der Waals surface area contributed by atoms with Gasteiger partial charge < -0.3 is 15.0 Å². The Bertz CT molecular complexity index is 1270. The molecular formula is C23H23F3N6O2. The zero-order chi connectivity index (χ0) is 23.9. The number of hydrogen-bond donors (Lipinski definition) is 2. The summed E-state index contributed by atoms with van der Waals surface area (Å²) in [5.74, 6) is -0.0499. The number of halogens is 3. The lowest BCUT2D eigenvalue weighted by molar-refractivity contribution is -0.195. The van der Waals surface area contributed by atoms with Gasteiger partial charge in [0.1, 0.15) is 11.4 Å². The molecule has 3 aromatic rings. The first kappa shape index (κ1) is 22.4. The van der Waals surface area contributed by atoms with Gasteiger partial charge in [0.05, 0.1) is 30.2 Å². The average molecular weight is 472 g/mol. The normalized spacial score (nSPS) is 22.2. The zero-order valence-electron chi connectivity index (χ0n) is 18.2. The van der Waals surface area contributed by atoms with Crippen molar-refractivity contribution in [2.75, 3.05) is 31.6 Å². The van der Waals surface area contributed by atoms with Crippen LogP contribution in [0, 0.1) is 17.2 Å². The third kappa shape index (κ3) is 4.03. The number of H-pyrrole nitrogens is 1. The van der Waals surface area contributed by atoms with Crippen molar-refractivity contribution < 1.29 is 17.9 Å². The van der Waals surface area contributed by atoms with Crippen LogP contribution >= 0.6 is 0 Å². The molecule has 2 N–H and O–H groups in total. The van der Waals surface area contributed by atoms with Crippen LogP contribution in [0.4, 0.5) is 24.7 Å². The molecule has 0 radical (unpaired) electrons. The molecule has 2 fully saturated rings. The molecule has 1 aromatic carbocycles. The molecule has 2 saturated heterocycles. The van der Waals surface area contributed by atoms with Gasteiger partial charge in [-0.2, -0.15) is 23.5 Å². The highest BCUT2D eigenvalue weighted by Gasteiger charge is 2.46. The number of likely N-dealkylation sites (tertiary alicyclic amines) is 1. The van der Waals surface area contributed by atoms with Crippen LogP contribution in [0.15, 0.2) is 41.3 Å². The second-order valence-electron chi connectivity index (χ2n) is 8.61. The summed E-state index contributed by atoms with van der Waals surface area (Å²) in [6.07, 6.45) is -1.53. The van der Waals surface area contributed by atoms with Crippen LogP contribution in [0.5, 0.6) is 0 Å². The summed E-state index contributed by atoms with van der Waals surface area (Å²) in [6, 6.07) is 8.02. The third-order valence-electron chi connectivity index (χ3n) is 6.49. The number of nitriles is 1. The van der Waals surface area contributed by atoms with Gasteiger partial charge in [-0.1, -0.05) is 12.1 Å². The van der Waals surface area contributed by atoms with Crippen molar-refractivity contribution in [3.63, 3.8) is 0 Å². The van der Waals surface area contributed by atoms with E-state index in [0.717, 1.165) is 6.42 Å². The Balaban J connectivity index is 1.47. The number of aromatic amines is 1. The number of anilines is 2. The minimum absolute atomic E-state index is 0.169. The maximum absolute atomic E-state index is 13.6. The molecule has 3 atom stereocenters. The third-order valence-corrected chi connectivity index (χ3v) is 6.49. The predicted octanol–water partition coefficient (Wildman–Crippen LogP) is 3.88. The van der Waals surface area contributed by atoms with Crippen LogP contribution in [0.25, 0.3) is 10.9 Å². The molecule has 2 aliphatic heterocycles. The Morgan fingerprint density at radius 3 is 2.65 bits per heavy atom. The number of benzene rings is 1. The maximum Gasteiger partial charge on any atom is 0.408 e. The molecule has 5 rings (SSSR count). The van der Waals surface area contributed by atoms with Crippen molar-refractivity contribution in [3.05, 3.63) is 52.4 Å². The molecule has 8 nitrogen and oxygen atoms in total. The fourth-order valence-corrected chi connectivity index (χ4v) is 4.65. The highest BCUT2D eigenvalue weighted by molar-refractivity contribution is 5.91. The first-order chi connectivity index (χ1) is 16.4. The van der Waals surface area contributed by atoms with E-state index < -0.39 is 12.2 Å². The standard InChI is InChI=1S/C23H23F3N6O2/c24-23(25,26)20(31-9-1-10-31)14-2-4-16(5-3-14)29-21-19-17(6-8-28-22(19)33)32(30-21)18-13-34-11-7-15(18)12-27/h2-6,8,15,18,20H,1,7,9-11,13H2,(H,28,33)(H,29,30). The van der Waals surface area contributed by atoms with E-state index in [1.54, 1.807) is 22.9 Å². The summed E-state index contributed by atoms with van der Waals surface area (Å²) in [5.41, 5.74) is 0.860. The van der Waals surface area contributed by atoms with Crippen molar-refractivity contribution >= 4 is 22.4 Å². The van der Waals surface area contributed by atoms with Crippen molar-refractivity contribution in [2.45, 2.75) is 31.1 Å². The van der Waals surface area contributed by atoms with Crippen molar-refractivity contribution in [2.24, 2.45) is 5.92 Å². The summed E-state index contributed by atoms with van der Waals surface area (Å²) in [7, 11) is 0. The summed E-state index contributed by atoms with van der Waals surface area (Å²) in [5, 5.41) is 17.5. The smallest absolute Gasteiger partial charge is 0.379 e. The van der Waals surface area contributed by atoms with Gasteiger partial charge in [-0.15, -0.1) is 0 Å². The number of nitrogens with zero attached hydrogens (tertiary/aromatic N) is 4. The minimum Gasteiger partial charge on any atom is -0.379 e. The minimum atomic E-state index is -4.36. The topological polar surface area (TPSA) is 99.0 Å². The van der Waals surface area contributed by atoms with Crippen LogP contribution in [-0.4, -0.2) is 52.1 Å². The molecule has 0 saturated carbocycles. The molecule has 2 aromatic heterocycles. The Morgan fingerprint density at radius 1 is 1.24 bits per heavy atom. The van der Waals surface area contributed by atoms with Gasteiger partial charge in [-0.25, -0.2) is 0 Å². The summed E-state index contributed by atoms with van der Waals surface area (Å²) in [4.78, 5) is 16.7. The van der Waals surface area contributed by atoms with E-state index in [9.17, 15) is 23.2 Å². The van der Waals surface area contributed by atoms with Gasteiger partial charge >= 0.3 is 6.18 Å². The molecule has 0 aliphatic carbocycles. The fourth-order valence-electron chi connectivity index (χ4n) is 4.65. The number of rotatable bonds is 5. The number of aromatic nitrogens is 3. The molecule has 2 aliphatic rings. The van der Waals surface area contributed by atoms with Gasteiger partial charge in [0.25, 0.3) is 5.56 Å². The van der Waals surface area contributed by atoms with Gasteiger partial charge in [0.15, 0.2) is 5.82 Å². The largest absolute Gasteiger partial charge is 0.408 e. The Labute approximate surface area is 192 Å². The first-order valence-electron chi connectivity index (χ1n) is 11.1. The van der Waals surface area contributed by atoms with E-state index in [2.05, 4.69) is 21.5 Å². The summed E-state index contributed by atoms with van der Waals surface area (Å²) in [6.45, 7) is 1.63. The molecule has 178 valence electrons. The Morgan fingerprint density at radius 2 is 2.00 bits per heavy atom. The SMILES string of the molecule is N#CC1CCOCC1n1nc(Nc2ccc(C(N3CCC3)C(F)(F)F)cc2)c2c(=O)[nH]ccc21. The number of alkyl halides is 3. The van der Waals surface area contributed by atoms with Crippen LogP contribution in [0.1, 0.15) is 30.5 Å². The average Bonchev–Trinajstić information content (AvgIpc) is 3.15. The fraction of sp³-hybridized carbons (Fsp3) is 0.435. The summed E-state index contributed by atoms with van der Waals surface area (Å²) >= 11 is 0. The van der Waals surface area contributed by atoms with Crippen molar-refractivity contribution in [1.29, 1.82) is 5.26 Å².